The van der Waals surface area contributed by atoms with Crippen LogP contribution >= 0.6 is 0 Å². The molecule has 0 saturated carbocycles. The molecule has 2 N–H and O–H groups in total. The Labute approximate surface area is 300 Å². The average molecular weight is 673 g/mol. The molecule has 0 heterocycles. The summed E-state index contributed by atoms with van der Waals surface area (Å²) in [6.07, 6.45) is 47.0. The molecule has 282 valence electrons. The van der Waals surface area contributed by atoms with Gasteiger partial charge >= 0.3 is 0 Å². The van der Waals surface area contributed by atoms with Crippen LogP contribution in [0.5, 0.6) is 0 Å². The van der Waals surface area contributed by atoms with Crippen LogP contribution in [-0.2, 0) is 9.59 Å². The first-order valence-electron chi connectivity index (χ1n) is 21.4. The van der Waals surface area contributed by atoms with E-state index in [4.69, 9.17) is 0 Å². The highest BCUT2D eigenvalue weighted by Crippen LogP contribution is 2.15. The van der Waals surface area contributed by atoms with Crippen molar-refractivity contribution in [2.45, 2.75) is 233 Å². The molecule has 0 radical (unpaired) electrons. The third-order valence-electron chi connectivity index (χ3n) is 9.78. The lowest BCUT2D eigenvalue weighted by Crippen LogP contribution is -2.38. The molecule has 0 saturated heterocycles. The van der Waals surface area contributed by atoms with Gasteiger partial charge in [0, 0.05) is 25.4 Å². The van der Waals surface area contributed by atoms with Crippen LogP contribution in [0.25, 0.3) is 0 Å². The highest BCUT2D eigenvalue weighted by atomic mass is 16.2. The summed E-state index contributed by atoms with van der Waals surface area (Å²) < 4.78 is 0. The van der Waals surface area contributed by atoms with Crippen LogP contribution in [-0.4, -0.2) is 24.4 Å². The van der Waals surface area contributed by atoms with Crippen molar-refractivity contribution in [3.8, 4) is 0 Å². The summed E-state index contributed by atoms with van der Waals surface area (Å²) in [6.45, 7) is 9.68. The third kappa shape index (κ3) is 35.7. The van der Waals surface area contributed by atoms with E-state index in [9.17, 15) is 9.59 Å². The number of hydrogen-bond acceptors (Lipinski definition) is 2. The summed E-state index contributed by atoms with van der Waals surface area (Å²) in [4.78, 5) is 24.8. The number of amides is 2. The predicted molar refractivity (Wildman–Crippen MR) is 213 cm³/mol. The topological polar surface area (TPSA) is 58.2 Å². The maximum atomic E-state index is 12.6. The Balaban J connectivity index is 3.63. The number of allylic oxidation sites excluding steroid dienone is 4. The number of carbonyl (C=O) groups excluding carboxylic acids is 2. The van der Waals surface area contributed by atoms with Gasteiger partial charge in [0.25, 0.3) is 0 Å². The first-order chi connectivity index (χ1) is 23.5. The van der Waals surface area contributed by atoms with Crippen molar-refractivity contribution in [1.29, 1.82) is 0 Å². The molecule has 0 fully saturated rings. The van der Waals surface area contributed by atoms with Crippen LogP contribution < -0.4 is 10.6 Å². The Morgan fingerprint density at radius 2 is 0.896 bits per heavy atom. The van der Waals surface area contributed by atoms with Crippen molar-refractivity contribution < 1.29 is 9.59 Å². The maximum absolute atomic E-state index is 12.6. The van der Waals surface area contributed by atoms with Crippen LogP contribution in [0.15, 0.2) is 24.3 Å². The highest BCUT2D eigenvalue weighted by molar-refractivity contribution is 5.76. The van der Waals surface area contributed by atoms with Crippen molar-refractivity contribution in [2.75, 3.05) is 6.54 Å². The van der Waals surface area contributed by atoms with Crippen molar-refractivity contribution in [1.82, 2.24) is 10.6 Å². The maximum Gasteiger partial charge on any atom is 0.220 e. The first kappa shape index (κ1) is 46.4. The molecule has 0 bridgehead atoms. The smallest absolute Gasteiger partial charge is 0.220 e. The second-order valence-corrected chi connectivity index (χ2v) is 14.9. The van der Waals surface area contributed by atoms with Gasteiger partial charge in [-0.1, -0.05) is 174 Å². The molecule has 0 unspecified atom stereocenters. The number of unbranched alkanes of at least 4 members (excludes halogenated alkanes) is 23. The van der Waals surface area contributed by atoms with Gasteiger partial charge in [0.15, 0.2) is 0 Å². The molecule has 0 aromatic rings. The summed E-state index contributed by atoms with van der Waals surface area (Å²) >= 11 is 0. The molecular weight excluding hydrogens is 588 g/mol. The molecule has 48 heavy (non-hydrogen) atoms. The van der Waals surface area contributed by atoms with E-state index in [0.29, 0.717) is 18.8 Å². The molecule has 0 aliphatic heterocycles. The molecule has 0 rings (SSSR count). The van der Waals surface area contributed by atoms with E-state index in [2.05, 4.69) is 62.6 Å². The van der Waals surface area contributed by atoms with Gasteiger partial charge in [-0.3, -0.25) is 9.59 Å². The fraction of sp³-hybridized carbons (Fsp3) is 0.864. The van der Waals surface area contributed by atoms with E-state index in [1.807, 2.05) is 0 Å². The molecule has 0 aromatic carbocycles. The average Bonchev–Trinajstić information content (AvgIpc) is 3.07. The zero-order chi connectivity index (χ0) is 35.2. The minimum Gasteiger partial charge on any atom is -0.356 e. The van der Waals surface area contributed by atoms with E-state index in [-0.39, 0.29) is 17.9 Å². The molecule has 4 nitrogen and oxygen atoms in total. The fourth-order valence-electron chi connectivity index (χ4n) is 6.41. The summed E-state index contributed by atoms with van der Waals surface area (Å²) in [5.41, 5.74) is 0. The first-order valence-corrected chi connectivity index (χ1v) is 21.4. The standard InChI is InChI=1S/C44H84N2O2/c1-5-7-9-11-13-15-17-19-21-23-25-27-29-31-33-38-43(47)45-40-36-35-37-42(41(3)4)46-44(48)39-34-32-30-28-26-24-22-20-18-16-14-12-10-8-6-2/h14,16,20,22,41-42H,5-13,15,17-19,21,23-40H2,1-4H3,(H,45,47)(H,46,48)/b16-14-,22-20-/t42-/m0/s1. The fourth-order valence-corrected chi connectivity index (χ4v) is 6.41. The van der Waals surface area contributed by atoms with Crippen LogP contribution in [0.4, 0.5) is 0 Å². The van der Waals surface area contributed by atoms with Gasteiger partial charge in [-0.25, -0.2) is 0 Å². The number of carbonyl (C=O) groups is 2. The lowest BCUT2D eigenvalue weighted by molar-refractivity contribution is -0.122. The Morgan fingerprint density at radius 1 is 0.479 bits per heavy atom. The molecule has 4 heteroatoms. The largest absolute Gasteiger partial charge is 0.356 e. The molecule has 0 spiro atoms. The van der Waals surface area contributed by atoms with Gasteiger partial charge in [-0.2, -0.15) is 0 Å². The second-order valence-electron chi connectivity index (χ2n) is 14.9. The Morgan fingerprint density at radius 3 is 1.40 bits per heavy atom. The van der Waals surface area contributed by atoms with Crippen LogP contribution in [0, 0.1) is 5.92 Å². The van der Waals surface area contributed by atoms with Gasteiger partial charge in [-0.15, -0.1) is 0 Å². The minimum atomic E-state index is 0.204. The quantitative estimate of drug-likeness (QED) is 0.0510. The van der Waals surface area contributed by atoms with Crippen molar-refractivity contribution in [3.63, 3.8) is 0 Å². The van der Waals surface area contributed by atoms with Crippen LogP contribution in [0.1, 0.15) is 227 Å². The number of nitrogens with one attached hydrogen (secondary N) is 2. The van der Waals surface area contributed by atoms with Crippen molar-refractivity contribution >= 4 is 11.8 Å². The van der Waals surface area contributed by atoms with Gasteiger partial charge in [-0.05, 0) is 70.1 Å². The van der Waals surface area contributed by atoms with E-state index >= 15 is 0 Å². The van der Waals surface area contributed by atoms with Crippen molar-refractivity contribution in [2.24, 2.45) is 5.92 Å². The normalized spacial score (nSPS) is 12.4. The van der Waals surface area contributed by atoms with Crippen molar-refractivity contribution in [3.05, 3.63) is 24.3 Å². The third-order valence-corrected chi connectivity index (χ3v) is 9.78. The predicted octanol–water partition coefficient (Wildman–Crippen LogP) is 13.5. The van der Waals surface area contributed by atoms with Crippen LogP contribution in [0.3, 0.4) is 0 Å². The van der Waals surface area contributed by atoms with Crippen LogP contribution in [0.2, 0.25) is 0 Å². The number of hydrogen-bond donors (Lipinski definition) is 2. The minimum absolute atomic E-state index is 0.204. The van der Waals surface area contributed by atoms with E-state index in [0.717, 1.165) is 51.5 Å². The lowest BCUT2D eigenvalue weighted by Gasteiger charge is -2.22. The Kier molecular flexibility index (Phi) is 37.0. The SMILES string of the molecule is CCCCC/C=C\C/C=C\CCCCCCCC(=O)N[C@@H](CCCCNC(=O)CCCCCCCCCCCCCCCCC)C(C)C. The molecule has 0 aromatic heterocycles. The molecule has 2 amide bonds. The summed E-state index contributed by atoms with van der Waals surface area (Å²) in [5, 5.41) is 6.41. The highest BCUT2D eigenvalue weighted by Gasteiger charge is 2.15. The van der Waals surface area contributed by atoms with E-state index < -0.39 is 0 Å². The summed E-state index contributed by atoms with van der Waals surface area (Å²) in [6, 6.07) is 0.228. The molecule has 0 aliphatic carbocycles. The molecule has 1 atom stereocenters. The summed E-state index contributed by atoms with van der Waals surface area (Å²) in [5.74, 6) is 0.838. The second kappa shape index (κ2) is 38.2. The van der Waals surface area contributed by atoms with Gasteiger partial charge in [0.05, 0.1) is 0 Å². The zero-order valence-corrected chi connectivity index (χ0v) is 32.9. The lowest BCUT2D eigenvalue weighted by atomic mass is 9.98. The Hall–Kier alpha value is -1.58. The summed E-state index contributed by atoms with van der Waals surface area (Å²) in [7, 11) is 0. The monoisotopic (exact) mass is 673 g/mol. The molecular formula is C44H84N2O2. The van der Waals surface area contributed by atoms with Gasteiger partial charge in [0.1, 0.15) is 0 Å². The molecule has 0 aliphatic rings. The Bertz CT molecular complexity index is 744. The van der Waals surface area contributed by atoms with E-state index in [1.54, 1.807) is 0 Å². The van der Waals surface area contributed by atoms with E-state index in [1.165, 1.54) is 141 Å². The van der Waals surface area contributed by atoms with Gasteiger partial charge in [0.2, 0.25) is 11.8 Å². The zero-order valence-electron chi connectivity index (χ0n) is 32.9. The van der Waals surface area contributed by atoms with Gasteiger partial charge < -0.3 is 10.6 Å². The number of rotatable bonds is 37.